The summed E-state index contributed by atoms with van der Waals surface area (Å²) in [4.78, 5) is 27.1. The molecule has 1 aromatic heterocycles. The van der Waals surface area contributed by atoms with E-state index in [1.165, 1.54) is 11.3 Å². The van der Waals surface area contributed by atoms with Gasteiger partial charge in [-0.15, -0.1) is 11.3 Å². The highest BCUT2D eigenvalue weighted by Gasteiger charge is 2.29. The lowest BCUT2D eigenvalue weighted by Gasteiger charge is -2.08. The van der Waals surface area contributed by atoms with E-state index in [-0.39, 0.29) is 13.0 Å². The molecule has 1 rings (SSSR count). The summed E-state index contributed by atoms with van der Waals surface area (Å²) in [6.45, 7) is 0.0296. The topological polar surface area (TPSA) is 80.3 Å². The number of hydrogen-bond donors (Lipinski definition) is 2. The van der Waals surface area contributed by atoms with E-state index in [2.05, 4.69) is 15.0 Å². The first-order valence-corrected chi connectivity index (χ1v) is 6.27. The van der Waals surface area contributed by atoms with Crippen LogP contribution in [0.1, 0.15) is 11.3 Å². The molecule has 20 heavy (non-hydrogen) atoms. The van der Waals surface area contributed by atoms with Gasteiger partial charge in [-0.2, -0.15) is 13.2 Å². The van der Waals surface area contributed by atoms with Crippen molar-refractivity contribution in [1.82, 2.24) is 10.3 Å². The van der Waals surface area contributed by atoms with Crippen molar-refractivity contribution in [1.29, 1.82) is 0 Å². The van der Waals surface area contributed by atoms with Gasteiger partial charge in [-0.3, -0.25) is 4.79 Å². The number of alkyl halides is 3. The molecule has 0 atom stereocenters. The quantitative estimate of drug-likeness (QED) is 0.872. The van der Waals surface area contributed by atoms with E-state index in [1.54, 1.807) is 6.20 Å². The number of halogens is 3. The third-order valence-electron chi connectivity index (χ3n) is 1.86. The van der Waals surface area contributed by atoms with Crippen molar-refractivity contribution in [3.63, 3.8) is 0 Å². The van der Waals surface area contributed by atoms with Gasteiger partial charge in [0, 0.05) is 24.0 Å². The first-order valence-electron chi connectivity index (χ1n) is 5.46. The summed E-state index contributed by atoms with van der Waals surface area (Å²) in [7, 11) is 0. The van der Waals surface area contributed by atoms with Crippen LogP contribution in [0.4, 0.5) is 23.1 Å². The number of thiazole rings is 1. The van der Waals surface area contributed by atoms with Crippen LogP contribution in [0.25, 0.3) is 0 Å². The van der Waals surface area contributed by atoms with E-state index in [4.69, 9.17) is 0 Å². The van der Waals surface area contributed by atoms with Crippen molar-refractivity contribution >= 4 is 28.5 Å². The van der Waals surface area contributed by atoms with Crippen LogP contribution in [-0.4, -0.2) is 36.3 Å². The molecule has 2 N–H and O–H groups in total. The number of ether oxygens (including phenoxy) is 1. The molecular formula is C10H12F3N3O3S. The fourth-order valence-corrected chi connectivity index (χ4v) is 1.75. The lowest BCUT2D eigenvalue weighted by Crippen LogP contribution is -2.31. The molecule has 112 valence electrons. The molecule has 2 amide bonds. The highest BCUT2D eigenvalue weighted by Crippen LogP contribution is 2.16. The second-order valence-electron chi connectivity index (χ2n) is 3.69. The van der Waals surface area contributed by atoms with Gasteiger partial charge in [-0.1, -0.05) is 0 Å². The highest BCUT2D eigenvalue weighted by atomic mass is 32.1. The minimum atomic E-state index is -4.57. The Kier molecular flexibility index (Phi) is 5.74. The Bertz CT molecular complexity index is 476. The molecule has 0 aromatic carbocycles. The normalized spacial score (nSPS) is 11.0. The molecule has 0 saturated carbocycles. The van der Waals surface area contributed by atoms with Gasteiger partial charge >= 0.3 is 12.3 Å². The van der Waals surface area contributed by atoms with Crippen LogP contribution in [0, 0.1) is 6.92 Å². The van der Waals surface area contributed by atoms with Crippen LogP contribution in [0.3, 0.4) is 0 Å². The second-order valence-corrected chi connectivity index (χ2v) is 4.93. The molecule has 0 aliphatic heterocycles. The van der Waals surface area contributed by atoms with Crippen LogP contribution >= 0.6 is 11.3 Å². The zero-order valence-electron chi connectivity index (χ0n) is 10.4. The van der Waals surface area contributed by atoms with Crippen molar-refractivity contribution < 1.29 is 27.5 Å². The van der Waals surface area contributed by atoms with Crippen LogP contribution in [0.5, 0.6) is 0 Å². The zero-order chi connectivity index (χ0) is 15.2. The van der Waals surface area contributed by atoms with Gasteiger partial charge in [-0.25, -0.2) is 9.78 Å². The molecule has 0 radical (unpaired) electrons. The van der Waals surface area contributed by atoms with E-state index in [0.29, 0.717) is 5.13 Å². The number of aromatic nitrogens is 1. The van der Waals surface area contributed by atoms with Gasteiger partial charge in [0.05, 0.1) is 0 Å². The van der Waals surface area contributed by atoms with Crippen molar-refractivity contribution in [2.75, 3.05) is 18.5 Å². The summed E-state index contributed by atoms with van der Waals surface area (Å²) >= 11 is 1.29. The maximum Gasteiger partial charge on any atom is 0.422 e. The number of carbonyl (C=O) groups is 2. The van der Waals surface area contributed by atoms with E-state index in [0.717, 1.165) is 4.88 Å². The number of amides is 2. The number of anilines is 1. The molecule has 0 unspecified atom stereocenters. The van der Waals surface area contributed by atoms with Crippen LogP contribution in [0.15, 0.2) is 6.20 Å². The number of nitrogens with one attached hydrogen (secondary N) is 2. The van der Waals surface area contributed by atoms with Crippen molar-refractivity contribution in [3.8, 4) is 0 Å². The van der Waals surface area contributed by atoms with Gasteiger partial charge in [-0.05, 0) is 6.92 Å². The predicted molar refractivity (Wildman–Crippen MR) is 65.5 cm³/mol. The molecule has 0 fully saturated rings. The minimum Gasteiger partial charge on any atom is -0.440 e. The fraction of sp³-hybridized carbons (Fsp3) is 0.500. The smallest absolute Gasteiger partial charge is 0.422 e. The largest absolute Gasteiger partial charge is 0.440 e. The van der Waals surface area contributed by atoms with E-state index in [1.807, 2.05) is 12.2 Å². The third-order valence-corrected chi connectivity index (χ3v) is 2.68. The van der Waals surface area contributed by atoms with Crippen molar-refractivity contribution in [2.24, 2.45) is 0 Å². The van der Waals surface area contributed by atoms with Gasteiger partial charge in [0.25, 0.3) is 0 Å². The first kappa shape index (κ1) is 16.2. The Balaban J connectivity index is 2.17. The van der Waals surface area contributed by atoms with E-state index < -0.39 is 24.8 Å². The minimum absolute atomic E-state index is 0.0975. The van der Waals surface area contributed by atoms with Crippen LogP contribution < -0.4 is 10.6 Å². The van der Waals surface area contributed by atoms with Gasteiger partial charge in [0.2, 0.25) is 5.91 Å². The monoisotopic (exact) mass is 311 g/mol. The Morgan fingerprint density at radius 1 is 1.45 bits per heavy atom. The van der Waals surface area contributed by atoms with E-state index >= 15 is 0 Å². The number of carbonyl (C=O) groups excluding carboxylic acids is 2. The molecule has 1 heterocycles. The lowest BCUT2D eigenvalue weighted by atomic mass is 10.4. The maximum absolute atomic E-state index is 11.7. The molecule has 0 bridgehead atoms. The van der Waals surface area contributed by atoms with Crippen LogP contribution in [0.2, 0.25) is 0 Å². The molecule has 10 heteroatoms. The van der Waals surface area contributed by atoms with Crippen molar-refractivity contribution in [2.45, 2.75) is 19.5 Å². The number of hydrogen-bond acceptors (Lipinski definition) is 5. The molecular weight excluding hydrogens is 299 g/mol. The SMILES string of the molecule is Cc1cnc(NC(=O)CCNC(=O)OCC(F)(F)F)s1. The highest BCUT2D eigenvalue weighted by molar-refractivity contribution is 7.15. The second kappa shape index (κ2) is 7.08. The molecule has 1 aromatic rings. The molecule has 0 spiro atoms. The predicted octanol–water partition coefficient (Wildman–Crippen LogP) is 2.07. The molecule has 6 nitrogen and oxygen atoms in total. The van der Waals surface area contributed by atoms with Gasteiger partial charge in [0.1, 0.15) is 0 Å². The average Bonchev–Trinajstić information content (AvgIpc) is 2.71. The Morgan fingerprint density at radius 3 is 2.70 bits per heavy atom. The lowest BCUT2D eigenvalue weighted by molar-refractivity contribution is -0.160. The zero-order valence-corrected chi connectivity index (χ0v) is 11.2. The average molecular weight is 311 g/mol. The number of alkyl carbamates (subject to hydrolysis) is 1. The van der Waals surface area contributed by atoms with Crippen LogP contribution in [-0.2, 0) is 9.53 Å². The molecule has 0 saturated heterocycles. The number of aryl methyl sites for hydroxylation is 1. The Labute approximate surface area is 116 Å². The first-order chi connectivity index (χ1) is 9.26. The summed E-state index contributed by atoms with van der Waals surface area (Å²) in [5.74, 6) is -0.407. The summed E-state index contributed by atoms with van der Waals surface area (Å²) in [5, 5.41) is 4.95. The molecule has 0 aliphatic rings. The van der Waals surface area contributed by atoms with Gasteiger partial charge < -0.3 is 15.4 Å². The molecule has 0 aliphatic carbocycles. The summed E-state index contributed by atoms with van der Waals surface area (Å²) < 4.78 is 39.1. The third kappa shape index (κ3) is 6.92. The summed E-state index contributed by atoms with van der Waals surface area (Å²) in [6.07, 6.45) is -4.30. The van der Waals surface area contributed by atoms with Gasteiger partial charge in [0.15, 0.2) is 11.7 Å². The Morgan fingerprint density at radius 2 is 2.15 bits per heavy atom. The number of nitrogens with zero attached hydrogens (tertiary/aromatic N) is 1. The van der Waals surface area contributed by atoms with Crippen molar-refractivity contribution in [3.05, 3.63) is 11.1 Å². The standard InChI is InChI=1S/C10H12F3N3O3S/c1-6-4-15-8(20-6)16-7(17)2-3-14-9(18)19-5-10(11,12)13/h4H,2-3,5H2,1H3,(H,14,18)(H,15,16,17). The Hall–Kier alpha value is -1.84. The number of rotatable bonds is 5. The summed E-state index contributed by atoms with van der Waals surface area (Å²) in [6, 6.07) is 0. The fourth-order valence-electron chi connectivity index (χ4n) is 1.07. The van der Waals surface area contributed by atoms with E-state index in [9.17, 15) is 22.8 Å². The summed E-state index contributed by atoms with van der Waals surface area (Å²) in [5.41, 5.74) is 0. The maximum atomic E-state index is 11.7.